The van der Waals surface area contributed by atoms with E-state index in [4.69, 9.17) is 16.3 Å². The lowest BCUT2D eigenvalue weighted by molar-refractivity contribution is -0.122. The monoisotopic (exact) mass is 303 g/mol. The van der Waals surface area contributed by atoms with Crippen LogP contribution in [0.5, 0.6) is 5.75 Å². The van der Waals surface area contributed by atoms with Crippen molar-refractivity contribution in [1.29, 1.82) is 0 Å². The largest absolute Gasteiger partial charge is 0.481 e. The first kappa shape index (κ1) is 15.4. The molecule has 0 aliphatic heterocycles. The zero-order chi connectivity index (χ0) is 15.4. The summed E-state index contributed by atoms with van der Waals surface area (Å²) < 4.78 is 5.75. The summed E-state index contributed by atoms with van der Waals surface area (Å²) in [6.07, 6.45) is -0.593. The highest BCUT2D eigenvalue weighted by Gasteiger charge is 2.16. The highest BCUT2D eigenvalue weighted by Crippen LogP contribution is 2.21. The molecule has 0 unspecified atom stereocenters. The first-order valence-electron chi connectivity index (χ1n) is 6.76. The average Bonchev–Trinajstić information content (AvgIpc) is 2.43. The van der Waals surface area contributed by atoms with E-state index in [1.165, 1.54) is 0 Å². The Morgan fingerprint density at radius 1 is 1.19 bits per heavy atom. The molecule has 0 aliphatic carbocycles. The molecule has 4 heteroatoms. The molecule has 0 aromatic heterocycles. The van der Waals surface area contributed by atoms with Gasteiger partial charge in [-0.3, -0.25) is 4.79 Å². The second kappa shape index (κ2) is 6.64. The second-order valence-electron chi connectivity index (χ2n) is 5.03. The fourth-order valence-electron chi connectivity index (χ4n) is 1.89. The second-order valence-corrected chi connectivity index (χ2v) is 5.47. The lowest BCUT2D eigenvalue weighted by atomic mass is 10.1. The Morgan fingerprint density at radius 3 is 2.67 bits per heavy atom. The number of ether oxygens (including phenoxy) is 1. The zero-order valence-electron chi connectivity index (χ0n) is 12.3. The van der Waals surface area contributed by atoms with E-state index in [2.05, 4.69) is 5.32 Å². The molecule has 21 heavy (non-hydrogen) atoms. The first-order valence-corrected chi connectivity index (χ1v) is 7.14. The van der Waals surface area contributed by atoms with Gasteiger partial charge in [-0.2, -0.15) is 0 Å². The number of carbonyl (C=O) groups excluding carboxylic acids is 1. The number of rotatable bonds is 4. The van der Waals surface area contributed by atoms with Crippen LogP contribution in [0, 0.1) is 13.8 Å². The van der Waals surface area contributed by atoms with E-state index in [1.54, 1.807) is 31.2 Å². The van der Waals surface area contributed by atoms with Gasteiger partial charge < -0.3 is 10.1 Å². The number of hydrogen-bond acceptors (Lipinski definition) is 2. The van der Waals surface area contributed by atoms with Crippen LogP contribution in [0.25, 0.3) is 0 Å². The molecular formula is C17H18ClNO2. The molecule has 2 aromatic rings. The van der Waals surface area contributed by atoms with Gasteiger partial charge in [0, 0.05) is 10.7 Å². The smallest absolute Gasteiger partial charge is 0.265 e. The third kappa shape index (κ3) is 4.23. The van der Waals surface area contributed by atoms with Crippen LogP contribution in [0.2, 0.25) is 5.02 Å². The molecule has 0 radical (unpaired) electrons. The van der Waals surface area contributed by atoms with Crippen molar-refractivity contribution in [2.75, 3.05) is 5.32 Å². The van der Waals surface area contributed by atoms with Crippen LogP contribution in [0.4, 0.5) is 5.69 Å². The van der Waals surface area contributed by atoms with Crippen LogP contribution < -0.4 is 10.1 Å². The number of carbonyl (C=O) groups is 1. The van der Waals surface area contributed by atoms with Crippen LogP contribution in [-0.4, -0.2) is 12.0 Å². The summed E-state index contributed by atoms with van der Waals surface area (Å²) >= 11 is 5.89. The van der Waals surface area contributed by atoms with Crippen LogP contribution in [-0.2, 0) is 4.79 Å². The molecule has 0 saturated carbocycles. The summed E-state index contributed by atoms with van der Waals surface area (Å²) in [7, 11) is 0. The fraction of sp³-hybridized carbons (Fsp3) is 0.235. The Balaban J connectivity index is 2.04. The molecule has 0 aliphatic rings. The van der Waals surface area contributed by atoms with Crippen molar-refractivity contribution in [3.8, 4) is 5.75 Å². The summed E-state index contributed by atoms with van der Waals surface area (Å²) in [6, 6.07) is 12.9. The van der Waals surface area contributed by atoms with Gasteiger partial charge in [0.05, 0.1) is 0 Å². The number of hydrogen-bond donors (Lipinski definition) is 1. The molecule has 1 amide bonds. The molecule has 110 valence electrons. The van der Waals surface area contributed by atoms with E-state index >= 15 is 0 Å². The van der Waals surface area contributed by atoms with Gasteiger partial charge in [0.1, 0.15) is 5.75 Å². The van der Waals surface area contributed by atoms with Gasteiger partial charge in [0.2, 0.25) is 0 Å². The maximum absolute atomic E-state index is 12.1. The topological polar surface area (TPSA) is 38.3 Å². The van der Waals surface area contributed by atoms with E-state index in [0.29, 0.717) is 10.7 Å². The Hall–Kier alpha value is -2.00. The Bertz CT molecular complexity index is 655. The third-order valence-electron chi connectivity index (χ3n) is 3.11. The van der Waals surface area contributed by atoms with Gasteiger partial charge in [-0.1, -0.05) is 29.8 Å². The molecule has 0 spiro atoms. The van der Waals surface area contributed by atoms with Crippen LogP contribution in [0.1, 0.15) is 18.1 Å². The van der Waals surface area contributed by atoms with Gasteiger partial charge in [-0.05, 0) is 56.2 Å². The number of benzene rings is 2. The van der Waals surface area contributed by atoms with Gasteiger partial charge in [0.25, 0.3) is 5.91 Å². The van der Waals surface area contributed by atoms with Crippen molar-refractivity contribution < 1.29 is 9.53 Å². The molecule has 2 aromatic carbocycles. The maximum Gasteiger partial charge on any atom is 0.265 e. The lowest BCUT2D eigenvalue weighted by Crippen LogP contribution is -2.30. The maximum atomic E-state index is 12.1. The standard InChI is InChI=1S/C17H18ClNO2/c1-11-7-8-12(2)16(9-11)21-13(3)17(20)19-15-6-4-5-14(18)10-15/h4-10,13H,1-3H3,(H,19,20)/t13-/m1/s1. The van der Waals surface area contributed by atoms with Gasteiger partial charge in [-0.25, -0.2) is 0 Å². The normalized spacial score (nSPS) is 11.8. The molecule has 0 bridgehead atoms. The summed E-state index contributed by atoms with van der Waals surface area (Å²) in [5.74, 6) is 0.516. The predicted molar refractivity (Wildman–Crippen MR) is 86.1 cm³/mol. The molecule has 1 atom stereocenters. The highest BCUT2D eigenvalue weighted by molar-refractivity contribution is 6.30. The van der Waals surface area contributed by atoms with E-state index in [1.807, 2.05) is 32.0 Å². The van der Waals surface area contributed by atoms with E-state index in [0.717, 1.165) is 16.9 Å². The number of anilines is 1. The molecule has 0 saturated heterocycles. The highest BCUT2D eigenvalue weighted by atomic mass is 35.5. The van der Waals surface area contributed by atoms with Crippen molar-refractivity contribution in [3.63, 3.8) is 0 Å². The summed E-state index contributed by atoms with van der Waals surface area (Å²) in [6.45, 7) is 5.67. The summed E-state index contributed by atoms with van der Waals surface area (Å²) in [5.41, 5.74) is 2.75. The molecule has 0 fully saturated rings. The zero-order valence-corrected chi connectivity index (χ0v) is 13.1. The number of halogens is 1. The Kier molecular flexibility index (Phi) is 4.86. The molecule has 2 rings (SSSR count). The minimum atomic E-state index is -0.593. The van der Waals surface area contributed by atoms with Crippen molar-refractivity contribution in [2.24, 2.45) is 0 Å². The predicted octanol–water partition coefficient (Wildman–Crippen LogP) is 4.36. The lowest BCUT2D eigenvalue weighted by Gasteiger charge is -2.16. The average molecular weight is 304 g/mol. The number of amides is 1. The SMILES string of the molecule is Cc1ccc(C)c(O[C@H](C)C(=O)Nc2cccc(Cl)c2)c1. The summed E-state index contributed by atoms with van der Waals surface area (Å²) in [4.78, 5) is 12.1. The van der Waals surface area contributed by atoms with Gasteiger partial charge >= 0.3 is 0 Å². The van der Waals surface area contributed by atoms with E-state index in [9.17, 15) is 4.79 Å². The Labute approximate surface area is 129 Å². The van der Waals surface area contributed by atoms with Crippen molar-refractivity contribution in [1.82, 2.24) is 0 Å². The molecular weight excluding hydrogens is 286 g/mol. The molecule has 3 nitrogen and oxygen atoms in total. The van der Waals surface area contributed by atoms with Crippen molar-refractivity contribution in [3.05, 3.63) is 58.6 Å². The van der Waals surface area contributed by atoms with Crippen molar-refractivity contribution >= 4 is 23.2 Å². The summed E-state index contributed by atoms with van der Waals surface area (Å²) in [5, 5.41) is 3.37. The quantitative estimate of drug-likeness (QED) is 0.911. The Morgan fingerprint density at radius 2 is 1.95 bits per heavy atom. The number of nitrogens with one attached hydrogen (secondary N) is 1. The third-order valence-corrected chi connectivity index (χ3v) is 3.34. The van der Waals surface area contributed by atoms with Crippen LogP contribution in [0.3, 0.4) is 0 Å². The minimum absolute atomic E-state index is 0.210. The van der Waals surface area contributed by atoms with Crippen LogP contribution >= 0.6 is 11.6 Å². The molecule has 1 N–H and O–H groups in total. The molecule has 0 heterocycles. The van der Waals surface area contributed by atoms with Gasteiger partial charge in [0.15, 0.2) is 6.10 Å². The van der Waals surface area contributed by atoms with Crippen molar-refractivity contribution in [2.45, 2.75) is 26.9 Å². The number of aryl methyl sites for hydroxylation is 2. The van der Waals surface area contributed by atoms with E-state index in [-0.39, 0.29) is 5.91 Å². The van der Waals surface area contributed by atoms with Gasteiger partial charge in [-0.15, -0.1) is 0 Å². The first-order chi connectivity index (χ1) is 9.95. The van der Waals surface area contributed by atoms with Crippen LogP contribution in [0.15, 0.2) is 42.5 Å². The van der Waals surface area contributed by atoms with E-state index < -0.39 is 6.10 Å². The fourth-order valence-corrected chi connectivity index (χ4v) is 2.08. The minimum Gasteiger partial charge on any atom is -0.481 e.